The Morgan fingerprint density at radius 1 is 1.56 bits per heavy atom. The number of amides is 1. The van der Waals surface area contributed by atoms with E-state index in [2.05, 4.69) is 42.3 Å². The molecule has 0 aliphatic rings. The van der Waals surface area contributed by atoms with Crippen LogP contribution < -0.4 is 5.32 Å². The zero-order valence-corrected chi connectivity index (χ0v) is 12.4. The van der Waals surface area contributed by atoms with Gasteiger partial charge < -0.3 is 9.84 Å². The Morgan fingerprint density at radius 3 is 2.56 bits per heavy atom. The highest BCUT2D eigenvalue weighted by molar-refractivity contribution is 9.09. The molecule has 1 rings (SSSR count). The van der Waals surface area contributed by atoms with Gasteiger partial charge in [0, 0.05) is 10.7 Å². The van der Waals surface area contributed by atoms with Gasteiger partial charge in [0.05, 0.1) is 11.7 Å². The predicted octanol–water partition coefficient (Wildman–Crippen LogP) is 2.65. The lowest BCUT2D eigenvalue weighted by Gasteiger charge is -2.29. The summed E-state index contributed by atoms with van der Waals surface area (Å²) < 4.78 is 4.87. The molecule has 6 heteroatoms. The van der Waals surface area contributed by atoms with E-state index in [4.69, 9.17) is 4.52 Å². The first-order valence-electron chi connectivity index (χ1n) is 4.94. The van der Waals surface area contributed by atoms with E-state index < -0.39 is 0 Å². The topological polar surface area (TPSA) is 55.1 Å². The molecule has 0 atom stereocenters. The molecule has 0 unspecified atom stereocenters. The third-order valence-corrected chi connectivity index (χ3v) is 4.71. The molecule has 1 aromatic rings. The number of nitrogens with zero attached hydrogens (tertiary/aromatic N) is 1. The maximum absolute atomic E-state index is 12.0. The van der Waals surface area contributed by atoms with E-state index in [1.807, 2.05) is 6.92 Å². The fourth-order valence-corrected chi connectivity index (χ4v) is 3.21. The van der Waals surface area contributed by atoms with E-state index in [9.17, 15) is 4.79 Å². The largest absolute Gasteiger partial charge is 0.361 e. The number of carbonyl (C=O) groups is 1. The van der Waals surface area contributed by atoms with Gasteiger partial charge in [-0.25, -0.2) is 0 Å². The van der Waals surface area contributed by atoms with Gasteiger partial charge in [-0.3, -0.25) is 4.79 Å². The Hall–Kier alpha value is -0.360. The van der Waals surface area contributed by atoms with Crippen LogP contribution in [0.15, 0.2) is 10.7 Å². The first-order chi connectivity index (χ1) is 7.58. The van der Waals surface area contributed by atoms with Gasteiger partial charge in [-0.05, 0) is 13.3 Å². The van der Waals surface area contributed by atoms with Crippen LogP contribution in [0, 0.1) is 6.92 Å². The summed E-state index contributed by atoms with van der Waals surface area (Å²) in [7, 11) is 0. The van der Waals surface area contributed by atoms with Crippen LogP contribution in [0.25, 0.3) is 0 Å². The zero-order chi connectivity index (χ0) is 12.2. The van der Waals surface area contributed by atoms with Crippen LogP contribution in [0.5, 0.6) is 0 Å². The van der Waals surface area contributed by atoms with E-state index in [0.29, 0.717) is 22.0 Å². The van der Waals surface area contributed by atoms with Gasteiger partial charge in [0.2, 0.25) is 0 Å². The number of halogens is 2. The SMILES string of the molecule is CCC(CBr)(CBr)NC(=O)c1cnoc1C. The van der Waals surface area contributed by atoms with E-state index in [-0.39, 0.29) is 11.4 Å². The summed E-state index contributed by atoms with van der Waals surface area (Å²) in [5.41, 5.74) is 0.209. The summed E-state index contributed by atoms with van der Waals surface area (Å²) in [5.74, 6) is 0.381. The maximum atomic E-state index is 12.0. The Balaban J connectivity index is 2.81. The molecule has 0 saturated heterocycles. The molecule has 0 fully saturated rings. The van der Waals surface area contributed by atoms with Gasteiger partial charge in [-0.15, -0.1) is 0 Å². The van der Waals surface area contributed by atoms with Crippen LogP contribution in [0.2, 0.25) is 0 Å². The Labute approximate surface area is 111 Å². The fraction of sp³-hybridized carbons (Fsp3) is 0.600. The minimum Gasteiger partial charge on any atom is -0.361 e. The minimum atomic E-state index is -0.277. The number of carbonyl (C=O) groups excluding carboxylic acids is 1. The summed E-state index contributed by atoms with van der Waals surface area (Å²) in [6, 6.07) is 0. The number of hydrogen-bond donors (Lipinski definition) is 1. The third-order valence-electron chi connectivity index (χ3n) is 2.56. The summed E-state index contributed by atoms with van der Waals surface area (Å²) in [6.45, 7) is 3.75. The van der Waals surface area contributed by atoms with Gasteiger partial charge in [-0.2, -0.15) is 0 Å². The second kappa shape index (κ2) is 5.82. The normalized spacial score (nSPS) is 11.5. The van der Waals surface area contributed by atoms with Crippen LogP contribution in [0.3, 0.4) is 0 Å². The van der Waals surface area contributed by atoms with E-state index in [1.165, 1.54) is 6.20 Å². The molecule has 1 aromatic heterocycles. The monoisotopic (exact) mass is 352 g/mol. The smallest absolute Gasteiger partial charge is 0.256 e. The van der Waals surface area contributed by atoms with Crippen molar-refractivity contribution in [2.75, 3.05) is 10.7 Å². The lowest BCUT2D eigenvalue weighted by Crippen LogP contribution is -2.51. The Kier molecular flexibility index (Phi) is 4.98. The molecule has 0 aromatic carbocycles. The van der Waals surface area contributed by atoms with Crippen molar-refractivity contribution >= 4 is 37.8 Å². The summed E-state index contributed by atoms with van der Waals surface area (Å²) in [6.07, 6.45) is 2.27. The highest BCUT2D eigenvalue weighted by Gasteiger charge is 2.29. The molecule has 0 spiro atoms. The average molecular weight is 354 g/mol. The lowest BCUT2D eigenvalue weighted by atomic mass is 10.0. The number of rotatable bonds is 5. The highest BCUT2D eigenvalue weighted by atomic mass is 79.9. The highest BCUT2D eigenvalue weighted by Crippen LogP contribution is 2.18. The first-order valence-corrected chi connectivity index (χ1v) is 7.18. The fourth-order valence-electron chi connectivity index (χ4n) is 1.20. The van der Waals surface area contributed by atoms with Crippen molar-refractivity contribution in [3.63, 3.8) is 0 Å². The van der Waals surface area contributed by atoms with Gasteiger partial charge in [-0.1, -0.05) is 43.9 Å². The molecule has 0 radical (unpaired) electrons. The molecule has 16 heavy (non-hydrogen) atoms. The van der Waals surface area contributed by atoms with Crippen molar-refractivity contribution < 1.29 is 9.32 Å². The van der Waals surface area contributed by atoms with Crippen molar-refractivity contribution in [2.45, 2.75) is 25.8 Å². The Bertz CT molecular complexity index is 353. The number of alkyl halides is 2. The summed E-state index contributed by atoms with van der Waals surface area (Å²) in [5, 5.41) is 7.97. The second-order valence-corrected chi connectivity index (χ2v) is 4.77. The standard InChI is InChI=1S/C10H14Br2N2O2/c1-3-10(5-11,6-12)14-9(15)8-4-13-16-7(8)2/h4H,3,5-6H2,1-2H3,(H,14,15). The molecule has 90 valence electrons. The zero-order valence-electron chi connectivity index (χ0n) is 9.22. The number of hydrogen-bond acceptors (Lipinski definition) is 3. The van der Waals surface area contributed by atoms with Crippen molar-refractivity contribution in [1.29, 1.82) is 0 Å². The summed E-state index contributed by atoms with van der Waals surface area (Å²) >= 11 is 6.84. The maximum Gasteiger partial charge on any atom is 0.256 e. The van der Waals surface area contributed by atoms with Gasteiger partial charge in [0.25, 0.3) is 5.91 Å². The molecule has 0 aliphatic heterocycles. The van der Waals surface area contributed by atoms with Crippen molar-refractivity contribution in [2.24, 2.45) is 0 Å². The van der Waals surface area contributed by atoms with Crippen molar-refractivity contribution in [3.8, 4) is 0 Å². The van der Waals surface area contributed by atoms with E-state index in [1.54, 1.807) is 6.92 Å². The lowest BCUT2D eigenvalue weighted by molar-refractivity contribution is 0.0914. The van der Waals surface area contributed by atoms with Crippen molar-refractivity contribution in [1.82, 2.24) is 10.5 Å². The predicted molar refractivity (Wildman–Crippen MR) is 69.3 cm³/mol. The quantitative estimate of drug-likeness (QED) is 0.828. The number of aromatic nitrogens is 1. The molecular weight excluding hydrogens is 340 g/mol. The average Bonchev–Trinajstić information content (AvgIpc) is 2.72. The summed E-state index contributed by atoms with van der Waals surface area (Å²) in [4.78, 5) is 12.0. The first kappa shape index (κ1) is 13.7. The van der Waals surface area contributed by atoms with Crippen LogP contribution in [0.1, 0.15) is 29.5 Å². The molecular formula is C10H14Br2N2O2. The molecule has 0 saturated carbocycles. The third kappa shape index (κ3) is 2.85. The minimum absolute atomic E-state index is 0.153. The van der Waals surface area contributed by atoms with Gasteiger partial charge in [0.1, 0.15) is 11.3 Å². The molecule has 0 bridgehead atoms. The van der Waals surface area contributed by atoms with E-state index >= 15 is 0 Å². The molecule has 1 heterocycles. The second-order valence-electron chi connectivity index (χ2n) is 3.65. The number of nitrogens with one attached hydrogen (secondary N) is 1. The van der Waals surface area contributed by atoms with E-state index in [0.717, 1.165) is 6.42 Å². The number of aryl methyl sites for hydroxylation is 1. The van der Waals surface area contributed by atoms with Crippen LogP contribution >= 0.6 is 31.9 Å². The van der Waals surface area contributed by atoms with Gasteiger partial charge >= 0.3 is 0 Å². The van der Waals surface area contributed by atoms with Crippen LogP contribution in [-0.4, -0.2) is 27.3 Å². The van der Waals surface area contributed by atoms with Crippen molar-refractivity contribution in [3.05, 3.63) is 17.5 Å². The van der Waals surface area contributed by atoms with Crippen LogP contribution in [-0.2, 0) is 0 Å². The van der Waals surface area contributed by atoms with Crippen LogP contribution in [0.4, 0.5) is 0 Å². The molecule has 1 N–H and O–H groups in total. The van der Waals surface area contributed by atoms with Gasteiger partial charge in [0.15, 0.2) is 0 Å². The molecule has 4 nitrogen and oxygen atoms in total. The molecule has 1 amide bonds. The Morgan fingerprint density at radius 2 is 2.19 bits per heavy atom. The molecule has 0 aliphatic carbocycles.